The number of hydrogen-bond acceptors (Lipinski definition) is 8. The van der Waals surface area contributed by atoms with E-state index in [1.807, 2.05) is 0 Å². The number of nitrogens with zero attached hydrogens (tertiary/aromatic N) is 1. The molecule has 1 aliphatic rings. The SMILES string of the molecule is COc1cc(C2=N/C(=C/c3ccccc3OC(=O)c3ccc(Br)cc3)C(=O)O2)cc(OC)c1OC. The van der Waals surface area contributed by atoms with E-state index in [0.29, 0.717) is 33.9 Å². The lowest BCUT2D eigenvalue weighted by Gasteiger charge is -2.13. The highest BCUT2D eigenvalue weighted by Gasteiger charge is 2.27. The monoisotopic (exact) mass is 537 g/mol. The molecule has 0 saturated heterocycles. The van der Waals surface area contributed by atoms with Crippen molar-refractivity contribution < 1.29 is 33.3 Å². The second-order valence-corrected chi connectivity index (χ2v) is 8.10. The van der Waals surface area contributed by atoms with Gasteiger partial charge in [0.1, 0.15) is 5.75 Å². The Morgan fingerprint density at radius 1 is 0.914 bits per heavy atom. The largest absolute Gasteiger partial charge is 0.493 e. The molecule has 0 spiro atoms. The highest BCUT2D eigenvalue weighted by molar-refractivity contribution is 9.10. The molecule has 0 fully saturated rings. The van der Waals surface area contributed by atoms with Crippen molar-refractivity contribution >= 4 is 39.8 Å². The van der Waals surface area contributed by atoms with Gasteiger partial charge in [0.25, 0.3) is 0 Å². The third-order valence-corrected chi connectivity index (χ3v) is 5.55. The molecule has 0 aromatic heterocycles. The van der Waals surface area contributed by atoms with Crippen LogP contribution < -0.4 is 18.9 Å². The predicted molar refractivity (Wildman–Crippen MR) is 132 cm³/mol. The summed E-state index contributed by atoms with van der Waals surface area (Å²) in [7, 11) is 4.47. The summed E-state index contributed by atoms with van der Waals surface area (Å²) in [6, 6.07) is 16.9. The minimum absolute atomic E-state index is 0.0425. The summed E-state index contributed by atoms with van der Waals surface area (Å²) >= 11 is 3.34. The second-order valence-electron chi connectivity index (χ2n) is 7.18. The van der Waals surface area contributed by atoms with Gasteiger partial charge in [-0.3, -0.25) is 0 Å². The Morgan fingerprint density at radius 3 is 2.20 bits per heavy atom. The number of ether oxygens (including phenoxy) is 5. The van der Waals surface area contributed by atoms with Gasteiger partial charge in [-0.2, -0.15) is 0 Å². The normalized spacial score (nSPS) is 13.8. The molecule has 0 aliphatic carbocycles. The molecule has 3 aromatic rings. The van der Waals surface area contributed by atoms with Crippen LogP contribution in [0.2, 0.25) is 0 Å². The van der Waals surface area contributed by atoms with Crippen molar-refractivity contribution in [1.82, 2.24) is 0 Å². The fourth-order valence-electron chi connectivity index (χ4n) is 3.32. The number of esters is 2. The molecule has 178 valence electrons. The Hall–Kier alpha value is -4.11. The van der Waals surface area contributed by atoms with Crippen LogP contribution in [0.25, 0.3) is 6.08 Å². The molecule has 3 aromatic carbocycles. The van der Waals surface area contributed by atoms with Gasteiger partial charge in [-0.25, -0.2) is 14.6 Å². The summed E-state index contributed by atoms with van der Waals surface area (Å²) in [6.45, 7) is 0. The Morgan fingerprint density at radius 2 is 1.57 bits per heavy atom. The molecule has 8 nitrogen and oxygen atoms in total. The number of benzene rings is 3. The van der Waals surface area contributed by atoms with E-state index < -0.39 is 11.9 Å². The van der Waals surface area contributed by atoms with Gasteiger partial charge in [0.2, 0.25) is 11.6 Å². The van der Waals surface area contributed by atoms with Crippen molar-refractivity contribution in [3.05, 3.63) is 87.5 Å². The first kappa shape index (κ1) is 24.0. The Kier molecular flexibility index (Phi) is 7.17. The van der Waals surface area contributed by atoms with Gasteiger partial charge in [0, 0.05) is 15.6 Å². The van der Waals surface area contributed by atoms with E-state index in [9.17, 15) is 9.59 Å². The van der Waals surface area contributed by atoms with E-state index in [4.69, 9.17) is 23.7 Å². The number of para-hydroxylation sites is 1. The van der Waals surface area contributed by atoms with Crippen molar-refractivity contribution in [1.29, 1.82) is 0 Å². The Bertz CT molecular complexity index is 1320. The minimum Gasteiger partial charge on any atom is -0.493 e. The predicted octanol–water partition coefficient (Wildman–Crippen LogP) is 5.04. The van der Waals surface area contributed by atoms with Crippen LogP contribution in [-0.4, -0.2) is 39.2 Å². The Labute approximate surface area is 209 Å². The fraction of sp³-hybridized carbons (Fsp3) is 0.115. The zero-order valence-electron chi connectivity index (χ0n) is 19.0. The van der Waals surface area contributed by atoms with Crippen LogP contribution in [0.1, 0.15) is 21.5 Å². The van der Waals surface area contributed by atoms with Crippen molar-refractivity contribution in [2.45, 2.75) is 0 Å². The average molecular weight is 538 g/mol. The first-order chi connectivity index (χ1) is 16.9. The average Bonchev–Trinajstić information content (AvgIpc) is 3.24. The third kappa shape index (κ3) is 5.20. The Balaban J connectivity index is 1.65. The van der Waals surface area contributed by atoms with E-state index in [2.05, 4.69) is 20.9 Å². The van der Waals surface area contributed by atoms with E-state index in [1.54, 1.807) is 60.7 Å². The molecule has 4 rings (SSSR count). The van der Waals surface area contributed by atoms with Crippen LogP contribution in [0, 0.1) is 0 Å². The summed E-state index contributed by atoms with van der Waals surface area (Å²) in [5.41, 5.74) is 1.38. The zero-order chi connectivity index (χ0) is 24.9. The molecule has 0 unspecified atom stereocenters. The van der Waals surface area contributed by atoms with Crippen LogP contribution in [0.5, 0.6) is 23.0 Å². The van der Waals surface area contributed by atoms with Crippen LogP contribution in [0.15, 0.2) is 75.8 Å². The topological polar surface area (TPSA) is 92.7 Å². The first-order valence-corrected chi connectivity index (χ1v) is 11.1. The molecule has 0 atom stereocenters. The number of aliphatic imine (C=N–C) groups is 1. The quantitative estimate of drug-likeness (QED) is 0.237. The van der Waals surface area contributed by atoms with Crippen LogP contribution in [0.4, 0.5) is 0 Å². The number of halogens is 1. The fourth-order valence-corrected chi connectivity index (χ4v) is 3.59. The maximum atomic E-state index is 12.6. The lowest BCUT2D eigenvalue weighted by atomic mass is 10.1. The van der Waals surface area contributed by atoms with Gasteiger partial charge < -0.3 is 23.7 Å². The van der Waals surface area contributed by atoms with E-state index in [1.165, 1.54) is 27.4 Å². The lowest BCUT2D eigenvalue weighted by molar-refractivity contribution is -0.129. The number of rotatable bonds is 7. The molecule has 0 saturated carbocycles. The van der Waals surface area contributed by atoms with Crippen molar-refractivity contribution in [3.8, 4) is 23.0 Å². The maximum absolute atomic E-state index is 12.6. The maximum Gasteiger partial charge on any atom is 0.363 e. The summed E-state index contributed by atoms with van der Waals surface area (Å²) in [4.78, 5) is 29.5. The van der Waals surface area contributed by atoms with E-state index in [0.717, 1.165) is 4.47 Å². The van der Waals surface area contributed by atoms with Gasteiger partial charge in [-0.15, -0.1) is 0 Å². The summed E-state index contributed by atoms with van der Waals surface area (Å²) in [5.74, 6) is 0.358. The molecule has 0 bridgehead atoms. The molecule has 35 heavy (non-hydrogen) atoms. The molecule has 1 aliphatic heterocycles. The minimum atomic E-state index is -0.650. The summed E-state index contributed by atoms with van der Waals surface area (Å²) in [6.07, 6.45) is 1.50. The zero-order valence-corrected chi connectivity index (χ0v) is 20.6. The highest BCUT2D eigenvalue weighted by atomic mass is 79.9. The first-order valence-electron chi connectivity index (χ1n) is 10.3. The third-order valence-electron chi connectivity index (χ3n) is 5.03. The molecule has 0 amide bonds. The van der Waals surface area contributed by atoms with Crippen molar-refractivity contribution in [2.75, 3.05) is 21.3 Å². The number of hydrogen-bond donors (Lipinski definition) is 0. The van der Waals surface area contributed by atoms with Crippen molar-refractivity contribution in [2.24, 2.45) is 4.99 Å². The van der Waals surface area contributed by atoms with Gasteiger partial charge in [-0.05, 0) is 48.5 Å². The number of cyclic esters (lactones) is 1. The summed E-state index contributed by atoms with van der Waals surface area (Å²) < 4.78 is 27.8. The number of carbonyl (C=O) groups is 2. The smallest absolute Gasteiger partial charge is 0.363 e. The molecule has 9 heteroatoms. The van der Waals surface area contributed by atoms with E-state index in [-0.39, 0.29) is 17.3 Å². The standard InChI is InChI=1S/C26H20BrNO7/c1-31-21-13-17(14-22(32-2)23(21)33-3)24-28-19(26(30)35-24)12-16-6-4-5-7-20(16)34-25(29)15-8-10-18(27)11-9-15/h4-14H,1-3H3/b19-12+. The van der Waals surface area contributed by atoms with Gasteiger partial charge in [0.05, 0.1) is 26.9 Å². The molecular formula is C26H20BrNO7. The molecular weight excluding hydrogens is 518 g/mol. The van der Waals surface area contributed by atoms with E-state index >= 15 is 0 Å². The number of methoxy groups -OCH3 is 3. The lowest BCUT2D eigenvalue weighted by Crippen LogP contribution is -2.09. The van der Waals surface area contributed by atoms with Crippen molar-refractivity contribution in [3.63, 3.8) is 0 Å². The number of carbonyl (C=O) groups excluding carboxylic acids is 2. The molecule has 1 heterocycles. The van der Waals surface area contributed by atoms with Crippen LogP contribution >= 0.6 is 15.9 Å². The van der Waals surface area contributed by atoms with Gasteiger partial charge in [0.15, 0.2) is 17.2 Å². The summed E-state index contributed by atoms with van der Waals surface area (Å²) in [5, 5.41) is 0. The second kappa shape index (κ2) is 10.4. The van der Waals surface area contributed by atoms with Gasteiger partial charge >= 0.3 is 11.9 Å². The molecule has 0 radical (unpaired) electrons. The van der Waals surface area contributed by atoms with Crippen LogP contribution in [0.3, 0.4) is 0 Å². The highest BCUT2D eigenvalue weighted by Crippen LogP contribution is 2.39. The molecule has 0 N–H and O–H groups in total. The van der Waals surface area contributed by atoms with Crippen LogP contribution in [-0.2, 0) is 9.53 Å². The van der Waals surface area contributed by atoms with Gasteiger partial charge in [-0.1, -0.05) is 34.1 Å².